The molecule has 1 heterocycles. The molecule has 0 bridgehead atoms. The molecule has 4 aromatic rings. The molecular weight excluding hydrogens is 434 g/mol. The summed E-state index contributed by atoms with van der Waals surface area (Å²) < 4.78 is 23.7. The molecule has 7 heteroatoms. The second kappa shape index (κ2) is 9.70. The Morgan fingerprint density at radius 2 is 1.47 bits per heavy atom. The van der Waals surface area contributed by atoms with Gasteiger partial charge in [0.25, 0.3) is 5.56 Å². The summed E-state index contributed by atoms with van der Waals surface area (Å²) in [5, 5.41) is 1.14. The van der Waals surface area contributed by atoms with E-state index in [1.54, 1.807) is 31.3 Å². The van der Waals surface area contributed by atoms with Gasteiger partial charge in [-0.3, -0.25) is 9.59 Å². The fraction of sp³-hybridized carbons (Fsp3) is 0.185. The van der Waals surface area contributed by atoms with E-state index in [0.717, 1.165) is 11.8 Å². The number of ether oxygens (including phenoxy) is 4. The summed E-state index contributed by atoms with van der Waals surface area (Å²) in [6.45, 7) is 0.324. The number of carbonyl (C=O) groups is 1. The Hall–Kier alpha value is -4.26. The SMILES string of the molecule is COc1cc2cc(-c3cc(OC)c(OCc4ccccc4)cc3C=O)n(C)c(=O)c2cc1OC. The van der Waals surface area contributed by atoms with Crippen molar-refractivity contribution in [2.75, 3.05) is 21.3 Å². The molecule has 1 aromatic heterocycles. The first-order valence-corrected chi connectivity index (χ1v) is 10.6. The lowest BCUT2D eigenvalue weighted by molar-refractivity contribution is 0.112. The van der Waals surface area contributed by atoms with Crippen LogP contribution in [0.1, 0.15) is 15.9 Å². The highest BCUT2D eigenvalue weighted by Crippen LogP contribution is 2.37. The first kappa shape index (κ1) is 22.9. The molecular formula is C27H25NO6. The van der Waals surface area contributed by atoms with Crippen molar-refractivity contribution < 1.29 is 23.7 Å². The van der Waals surface area contributed by atoms with Crippen LogP contribution in [0.5, 0.6) is 23.0 Å². The molecule has 0 amide bonds. The van der Waals surface area contributed by atoms with Gasteiger partial charge in [-0.25, -0.2) is 0 Å². The number of nitrogens with zero attached hydrogens (tertiary/aromatic N) is 1. The number of hydrogen-bond donors (Lipinski definition) is 0. The van der Waals surface area contributed by atoms with Crippen molar-refractivity contribution in [3.63, 3.8) is 0 Å². The van der Waals surface area contributed by atoms with E-state index in [1.165, 1.54) is 25.9 Å². The number of carbonyl (C=O) groups excluding carboxylic acids is 1. The quantitative estimate of drug-likeness (QED) is 0.358. The van der Waals surface area contributed by atoms with Gasteiger partial charge in [-0.2, -0.15) is 0 Å². The van der Waals surface area contributed by atoms with E-state index < -0.39 is 0 Å². The molecule has 0 aliphatic heterocycles. The Morgan fingerprint density at radius 1 is 0.824 bits per heavy atom. The molecule has 3 aromatic carbocycles. The van der Waals surface area contributed by atoms with Gasteiger partial charge in [-0.1, -0.05) is 30.3 Å². The van der Waals surface area contributed by atoms with Crippen molar-refractivity contribution in [1.29, 1.82) is 0 Å². The number of aromatic nitrogens is 1. The third-order valence-electron chi connectivity index (χ3n) is 5.72. The minimum absolute atomic E-state index is 0.228. The van der Waals surface area contributed by atoms with Crippen LogP contribution in [0.25, 0.3) is 22.0 Å². The first-order valence-electron chi connectivity index (χ1n) is 10.6. The second-order valence-corrected chi connectivity index (χ2v) is 7.67. The van der Waals surface area contributed by atoms with Crippen LogP contribution in [0, 0.1) is 0 Å². The number of aldehydes is 1. The van der Waals surface area contributed by atoms with Gasteiger partial charge in [0.2, 0.25) is 0 Å². The Bertz CT molecular complexity index is 1410. The Morgan fingerprint density at radius 3 is 2.12 bits per heavy atom. The minimum atomic E-state index is -0.228. The molecule has 0 N–H and O–H groups in total. The Balaban J connectivity index is 1.84. The van der Waals surface area contributed by atoms with Crippen LogP contribution in [0.4, 0.5) is 0 Å². The highest BCUT2D eigenvalue weighted by molar-refractivity contribution is 5.93. The first-order chi connectivity index (χ1) is 16.5. The maximum atomic E-state index is 13.2. The highest BCUT2D eigenvalue weighted by atomic mass is 16.5. The average molecular weight is 459 g/mol. The van der Waals surface area contributed by atoms with Gasteiger partial charge < -0.3 is 23.5 Å². The summed E-state index contributed by atoms with van der Waals surface area (Å²) in [6.07, 6.45) is 0.743. The Labute approximate surface area is 197 Å². The summed E-state index contributed by atoms with van der Waals surface area (Å²) in [5.74, 6) is 1.87. The van der Waals surface area contributed by atoms with Gasteiger partial charge in [0, 0.05) is 18.2 Å². The largest absolute Gasteiger partial charge is 0.493 e. The Kier molecular flexibility index (Phi) is 6.54. The van der Waals surface area contributed by atoms with Crippen LogP contribution in [-0.2, 0) is 13.7 Å². The molecule has 0 radical (unpaired) electrons. The molecule has 34 heavy (non-hydrogen) atoms. The number of rotatable bonds is 8. The van der Waals surface area contributed by atoms with E-state index in [2.05, 4.69) is 0 Å². The minimum Gasteiger partial charge on any atom is -0.493 e. The second-order valence-electron chi connectivity index (χ2n) is 7.67. The molecule has 7 nitrogen and oxygen atoms in total. The maximum absolute atomic E-state index is 13.2. The molecule has 0 saturated heterocycles. The molecule has 4 rings (SSSR count). The van der Waals surface area contributed by atoms with Crippen molar-refractivity contribution in [1.82, 2.24) is 4.57 Å². The third kappa shape index (κ3) is 4.20. The maximum Gasteiger partial charge on any atom is 0.258 e. The lowest BCUT2D eigenvalue weighted by Crippen LogP contribution is -2.19. The predicted octanol–water partition coefficient (Wildman–Crippen LogP) is 4.62. The smallest absolute Gasteiger partial charge is 0.258 e. The van der Waals surface area contributed by atoms with Gasteiger partial charge in [0.05, 0.1) is 32.4 Å². The fourth-order valence-corrected chi connectivity index (χ4v) is 3.89. The monoisotopic (exact) mass is 459 g/mol. The van der Waals surface area contributed by atoms with E-state index in [9.17, 15) is 9.59 Å². The van der Waals surface area contributed by atoms with Crippen molar-refractivity contribution in [2.45, 2.75) is 6.61 Å². The molecule has 174 valence electrons. The normalized spacial score (nSPS) is 10.7. The zero-order valence-corrected chi connectivity index (χ0v) is 19.5. The van der Waals surface area contributed by atoms with E-state index in [4.69, 9.17) is 18.9 Å². The molecule has 0 saturated carbocycles. The average Bonchev–Trinajstić information content (AvgIpc) is 2.88. The van der Waals surface area contributed by atoms with Crippen LogP contribution >= 0.6 is 0 Å². The van der Waals surface area contributed by atoms with Gasteiger partial charge in [-0.05, 0) is 41.3 Å². The highest BCUT2D eigenvalue weighted by Gasteiger charge is 2.18. The van der Waals surface area contributed by atoms with Crippen LogP contribution in [0.3, 0.4) is 0 Å². The fourth-order valence-electron chi connectivity index (χ4n) is 3.89. The molecule has 0 aliphatic carbocycles. The van der Waals surface area contributed by atoms with Crippen LogP contribution in [0.15, 0.2) is 65.5 Å². The van der Waals surface area contributed by atoms with Gasteiger partial charge in [-0.15, -0.1) is 0 Å². The third-order valence-corrected chi connectivity index (χ3v) is 5.72. The molecule has 0 aliphatic rings. The number of fused-ring (bicyclic) bond motifs is 1. The van der Waals surface area contributed by atoms with Crippen molar-refractivity contribution >= 4 is 17.1 Å². The van der Waals surface area contributed by atoms with Crippen LogP contribution in [0.2, 0.25) is 0 Å². The number of benzene rings is 3. The zero-order chi connectivity index (χ0) is 24.2. The predicted molar refractivity (Wildman–Crippen MR) is 130 cm³/mol. The molecule has 0 atom stereocenters. The zero-order valence-electron chi connectivity index (χ0n) is 19.5. The molecule has 0 unspecified atom stereocenters. The topological polar surface area (TPSA) is 76.0 Å². The standard InChI is InChI=1S/C27H25NO6/c1-28-22(10-18-11-23(31-2)24(32-3)14-21(18)27(28)30)20-13-25(33-4)26(12-19(20)15-29)34-16-17-8-6-5-7-9-17/h5-15H,16H2,1-4H3. The van der Waals surface area contributed by atoms with Crippen LogP contribution < -0.4 is 24.5 Å². The molecule has 0 spiro atoms. The number of pyridine rings is 1. The molecule has 0 fully saturated rings. The lowest BCUT2D eigenvalue weighted by atomic mass is 10.0. The summed E-state index contributed by atoms with van der Waals surface area (Å²) in [7, 11) is 6.25. The summed E-state index contributed by atoms with van der Waals surface area (Å²) >= 11 is 0. The summed E-state index contributed by atoms with van der Waals surface area (Å²) in [5.41, 5.74) is 2.24. The lowest BCUT2D eigenvalue weighted by Gasteiger charge is -2.17. The van der Waals surface area contributed by atoms with Crippen molar-refractivity contribution in [3.8, 4) is 34.3 Å². The van der Waals surface area contributed by atoms with Crippen molar-refractivity contribution in [3.05, 3.63) is 82.1 Å². The van der Waals surface area contributed by atoms with Gasteiger partial charge >= 0.3 is 0 Å². The van der Waals surface area contributed by atoms with E-state index >= 15 is 0 Å². The van der Waals surface area contributed by atoms with Crippen molar-refractivity contribution in [2.24, 2.45) is 7.05 Å². The van der Waals surface area contributed by atoms with E-state index in [1.807, 2.05) is 36.4 Å². The van der Waals surface area contributed by atoms with E-state index in [-0.39, 0.29) is 5.56 Å². The van der Waals surface area contributed by atoms with Crippen LogP contribution in [-0.4, -0.2) is 32.2 Å². The number of methoxy groups -OCH3 is 3. The van der Waals surface area contributed by atoms with E-state index in [0.29, 0.717) is 57.2 Å². The van der Waals surface area contributed by atoms with Gasteiger partial charge in [0.15, 0.2) is 29.3 Å². The van der Waals surface area contributed by atoms with Gasteiger partial charge in [0.1, 0.15) is 6.61 Å². The summed E-state index contributed by atoms with van der Waals surface area (Å²) in [4.78, 5) is 25.2. The number of hydrogen-bond acceptors (Lipinski definition) is 6. The summed E-state index contributed by atoms with van der Waals surface area (Å²) in [6, 6.07) is 18.3.